The average Bonchev–Trinajstić information content (AvgIpc) is 2.78. The van der Waals surface area contributed by atoms with E-state index in [2.05, 4.69) is 6.58 Å². The first-order valence-electron chi connectivity index (χ1n) is 6.83. The highest BCUT2D eigenvalue weighted by Gasteiger charge is 2.32. The van der Waals surface area contributed by atoms with Gasteiger partial charge in [0, 0.05) is 12.1 Å². The zero-order chi connectivity index (χ0) is 16.8. The number of amides is 1. The highest BCUT2D eigenvalue weighted by molar-refractivity contribution is 8.26. The van der Waals surface area contributed by atoms with Crippen LogP contribution in [0.1, 0.15) is 12.0 Å². The molecule has 0 spiro atoms. The van der Waals surface area contributed by atoms with E-state index in [-0.39, 0.29) is 18.9 Å². The van der Waals surface area contributed by atoms with Crippen molar-refractivity contribution in [2.75, 3.05) is 13.2 Å². The maximum atomic E-state index is 12.4. The van der Waals surface area contributed by atoms with Crippen LogP contribution in [0.4, 0.5) is 0 Å². The molecule has 7 heteroatoms. The molecule has 1 amide bonds. The third-order valence-electron chi connectivity index (χ3n) is 2.99. The first kappa shape index (κ1) is 17.2. The topological polar surface area (TPSA) is 66.8 Å². The molecule has 1 aromatic rings. The molecule has 23 heavy (non-hydrogen) atoms. The minimum Gasteiger partial charge on any atom is -0.489 e. The van der Waals surface area contributed by atoms with E-state index in [0.29, 0.717) is 21.6 Å². The summed E-state index contributed by atoms with van der Waals surface area (Å²) in [6.07, 6.45) is 3.21. The van der Waals surface area contributed by atoms with Gasteiger partial charge in [0.05, 0.1) is 11.3 Å². The average molecular weight is 349 g/mol. The Hall–Kier alpha value is -2.12. The van der Waals surface area contributed by atoms with Gasteiger partial charge in [-0.1, -0.05) is 54.8 Å². The lowest BCUT2D eigenvalue weighted by Crippen LogP contribution is -2.30. The molecule has 1 aliphatic rings. The minimum absolute atomic E-state index is 0.0753. The van der Waals surface area contributed by atoms with Crippen molar-refractivity contribution in [3.63, 3.8) is 0 Å². The van der Waals surface area contributed by atoms with Gasteiger partial charge in [0.15, 0.2) is 0 Å². The van der Waals surface area contributed by atoms with Crippen molar-refractivity contribution in [2.24, 2.45) is 0 Å². The summed E-state index contributed by atoms with van der Waals surface area (Å²) in [4.78, 5) is 24.8. The molecule has 5 nitrogen and oxygen atoms in total. The quantitative estimate of drug-likeness (QED) is 0.464. The molecule has 0 atom stereocenters. The second-order valence-corrected chi connectivity index (χ2v) is 6.29. The van der Waals surface area contributed by atoms with Crippen molar-refractivity contribution in [2.45, 2.75) is 6.42 Å². The molecule has 0 saturated carbocycles. The molecule has 1 aliphatic heterocycles. The maximum absolute atomic E-state index is 12.4. The minimum atomic E-state index is -0.966. The number of rotatable bonds is 7. The van der Waals surface area contributed by atoms with Crippen LogP contribution in [0.15, 0.2) is 41.8 Å². The second-order valence-electron chi connectivity index (χ2n) is 4.61. The Bertz CT molecular complexity index is 684. The number of aliphatic carboxylic acids is 1. The number of nitrogens with zero attached hydrogens (tertiary/aromatic N) is 1. The number of thiocarbonyl (C=S) groups is 1. The number of ether oxygens (including phenoxy) is 1. The molecule has 1 N–H and O–H groups in total. The number of carbonyl (C=O) groups is 2. The maximum Gasteiger partial charge on any atom is 0.305 e. The van der Waals surface area contributed by atoms with Gasteiger partial charge in [-0.05, 0) is 12.1 Å². The molecule has 1 aromatic carbocycles. The Balaban J connectivity index is 2.20. The lowest BCUT2D eigenvalue weighted by molar-refractivity contribution is -0.137. The van der Waals surface area contributed by atoms with Crippen LogP contribution in [0.25, 0.3) is 6.08 Å². The summed E-state index contributed by atoms with van der Waals surface area (Å²) < 4.78 is 5.92. The summed E-state index contributed by atoms with van der Waals surface area (Å²) >= 11 is 6.32. The van der Waals surface area contributed by atoms with Gasteiger partial charge in [-0.2, -0.15) is 0 Å². The second kappa shape index (κ2) is 7.94. The summed E-state index contributed by atoms with van der Waals surface area (Å²) in [5, 5.41) is 8.74. The number of carboxylic acids is 1. The van der Waals surface area contributed by atoms with Gasteiger partial charge in [-0.15, -0.1) is 0 Å². The molecule has 0 radical (unpaired) electrons. The molecular formula is C16H15NO4S2. The third kappa shape index (κ3) is 4.43. The van der Waals surface area contributed by atoms with E-state index >= 15 is 0 Å². The Morgan fingerprint density at radius 3 is 2.87 bits per heavy atom. The van der Waals surface area contributed by atoms with E-state index in [0.717, 1.165) is 17.3 Å². The van der Waals surface area contributed by atoms with Crippen LogP contribution in [0, 0.1) is 0 Å². The van der Waals surface area contributed by atoms with Crippen molar-refractivity contribution < 1.29 is 19.4 Å². The van der Waals surface area contributed by atoms with Gasteiger partial charge in [0.2, 0.25) is 0 Å². The fraction of sp³-hybridized carbons (Fsp3) is 0.188. The number of thioether (sulfide) groups is 1. The van der Waals surface area contributed by atoms with E-state index in [1.165, 1.54) is 4.90 Å². The standard InChI is InChI=1S/C16H15NO4S2/c1-2-9-21-12-6-4-3-5-11(12)10-13-15(20)17(16(22)23-13)8-7-14(18)19/h2-6,10H,1,7-9H2,(H,18,19). The first-order chi connectivity index (χ1) is 11.0. The van der Waals surface area contributed by atoms with Crippen LogP contribution in [-0.2, 0) is 9.59 Å². The van der Waals surface area contributed by atoms with Gasteiger partial charge in [0.1, 0.15) is 16.7 Å². The highest BCUT2D eigenvalue weighted by atomic mass is 32.2. The fourth-order valence-electron chi connectivity index (χ4n) is 1.92. The number of hydrogen-bond acceptors (Lipinski definition) is 5. The Morgan fingerprint density at radius 2 is 2.17 bits per heavy atom. The predicted octanol–water partition coefficient (Wildman–Crippen LogP) is 2.93. The normalized spacial score (nSPS) is 16.0. The summed E-state index contributed by atoms with van der Waals surface area (Å²) in [6.45, 7) is 4.05. The van der Waals surface area contributed by atoms with E-state index < -0.39 is 5.97 Å². The monoisotopic (exact) mass is 349 g/mol. The first-order valence-corrected chi connectivity index (χ1v) is 8.05. The summed E-state index contributed by atoms with van der Waals surface area (Å²) in [5.74, 6) is -0.603. The molecule has 0 aliphatic carbocycles. The molecule has 1 fully saturated rings. The largest absolute Gasteiger partial charge is 0.489 e. The van der Waals surface area contributed by atoms with E-state index in [1.807, 2.05) is 18.2 Å². The molecular weight excluding hydrogens is 334 g/mol. The SMILES string of the molecule is C=CCOc1ccccc1C=C1SC(=S)N(CCC(=O)O)C1=O. The number of carboxylic acid groups (broad SMARTS) is 1. The fourth-order valence-corrected chi connectivity index (χ4v) is 3.22. The molecule has 0 unspecified atom stereocenters. The van der Waals surface area contributed by atoms with Gasteiger partial charge < -0.3 is 9.84 Å². The van der Waals surface area contributed by atoms with Crippen molar-refractivity contribution in [3.05, 3.63) is 47.4 Å². The summed E-state index contributed by atoms with van der Waals surface area (Å²) in [7, 11) is 0. The Morgan fingerprint density at radius 1 is 1.43 bits per heavy atom. The van der Waals surface area contributed by atoms with Gasteiger partial charge >= 0.3 is 5.97 Å². The lowest BCUT2D eigenvalue weighted by Gasteiger charge is -2.12. The zero-order valence-corrected chi connectivity index (χ0v) is 13.9. The van der Waals surface area contributed by atoms with Crippen LogP contribution >= 0.6 is 24.0 Å². The van der Waals surface area contributed by atoms with Crippen LogP contribution < -0.4 is 4.74 Å². The van der Waals surface area contributed by atoms with E-state index in [4.69, 9.17) is 22.1 Å². The molecule has 1 saturated heterocycles. The molecule has 120 valence electrons. The summed E-state index contributed by atoms with van der Waals surface area (Å²) in [5.41, 5.74) is 0.757. The van der Waals surface area contributed by atoms with Gasteiger partial charge in [-0.25, -0.2) is 0 Å². The predicted molar refractivity (Wildman–Crippen MR) is 94.3 cm³/mol. The number of hydrogen-bond donors (Lipinski definition) is 1. The Labute approximate surface area is 143 Å². The van der Waals surface area contributed by atoms with Crippen molar-refractivity contribution >= 4 is 46.3 Å². The van der Waals surface area contributed by atoms with Crippen LogP contribution in [0.3, 0.4) is 0 Å². The lowest BCUT2D eigenvalue weighted by atomic mass is 10.2. The van der Waals surface area contributed by atoms with Crippen LogP contribution in [0.5, 0.6) is 5.75 Å². The van der Waals surface area contributed by atoms with Gasteiger partial charge in [0.25, 0.3) is 5.91 Å². The van der Waals surface area contributed by atoms with Crippen LogP contribution in [0.2, 0.25) is 0 Å². The third-order valence-corrected chi connectivity index (χ3v) is 4.36. The summed E-state index contributed by atoms with van der Waals surface area (Å²) in [6, 6.07) is 7.33. The molecule has 0 bridgehead atoms. The highest BCUT2D eigenvalue weighted by Crippen LogP contribution is 2.34. The smallest absolute Gasteiger partial charge is 0.305 e. The van der Waals surface area contributed by atoms with Crippen molar-refractivity contribution in [1.82, 2.24) is 4.90 Å². The molecule has 0 aromatic heterocycles. The van der Waals surface area contributed by atoms with Crippen molar-refractivity contribution in [1.29, 1.82) is 0 Å². The Kier molecular flexibility index (Phi) is 5.95. The number of carbonyl (C=O) groups excluding carboxylic acids is 1. The zero-order valence-electron chi connectivity index (χ0n) is 12.2. The number of para-hydroxylation sites is 1. The van der Waals surface area contributed by atoms with Gasteiger partial charge in [-0.3, -0.25) is 14.5 Å². The van der Waals surface area contributed by atoms with E-state index in [9.17, 15) is 9.59 Å². The number of benzene rings is 1. The molecule has 1 heterocycles. The molecule has 2 rings (SSSR count). The van der Waals surface area contributed by atoms with Crippen molar-refractivity contribution in [3.8, 4) is 5.75 Å². The van der Waals surface area contributed by atoms with E-state index in [1.54, 1.807) is 18.2 Å². The van der Waals surface area contributed by atoms with Crippen LogP contribution in [-0.4, -0.2) is 39.4 Å².